The van der Waals surface area contributed by atoms with Crippen LogP contribution in [0, 0.1) is 14.9 Å². The van der Waals surface area contributed by atoms with E-state index in [4.69, 9.17) is 4.79 Å². The number of amides is 1. The molecule has 0 aromatic rings. The van der Waals surface area contributed by atoms with Gasteiger partial charge in [0.15, 0.2) is 0 Å². The molecule has 0 aliphatic carbocycles. The number of carbonyl (C=O) groups is 1. The molecule has 0 aromatic heterocycles. The van der Waals surface area contributed by atoms with Gasteiger partial charge >= 0.3 is 0 Å². The van der Waals surface area contributed by atoms with Crippen molar-refractivity contribution in [2.75, 3.05) is 0 Å². The summed E-state index contributed by atoms with van der Waals surface area (Å²) in [6.45, 7) is 0. The van der Waals surface area contributed by atoms with Crippen molar-refractivity contribution in [3.63, 3.8) is 0 Å². The summed E-state index contributed by atoms with van der Waals surface area (Å²) in [5.74, 6) is 0. The number of nitrogens with two attached hydrogens (primary N) is 1. The van der Waals surface area contributed by atoms with Crippen molar-refractivity contribution in [2.45, 2.75) is 0 Å². The van der Waals surface area contributed by atoms with Crippen molar-refractivity contribution in [3.05, 3.63) is 14.9 Å². The minimum atomic E-state index is 0. The molecule has 0 aliphatic heterocycles. The number of rotatable bonds is 0. The second-order valence-electron chi connectivity index (χ2n) is 0.136. The first-order valence-corrected chi connectivity index (χ1v) is 0.569. The average molecular weight is 206 g/mol. The van der Waals surface area contributed by atoms with Crippen molar-refractivity contribution in [3.8, 4) is 0 Å². The maximum atomic E-state index is 8.58. The van der Waals surface area contributed by atoms with Gasteiger partial charge in [-0.3, -0.25) is 4.79 Å². The van der Waals surface area contributed by atoms with Gasteiger partial charge in [-0.15, -0.1) is 0 Å². The Kier molecular flexibility index (Phi) is 502. The zero-order valence-electron chi connectivity index (χ0n) is 4.98. The second kappa shape index (κ2) is 74.5. The van der Waals surface area contributed by atoms with E-state index >= 15 is 0 Å². The van der Waals surface area contributed by atoms with Crippen LogP contribution in [-0.4, -0.2) is 6.41 Å². The van der Waals surface area contributed by atoms with Crippen LogP contribution in [0.4, 0.5) is 0 Å². The first-order chi connectivity index (χ1) is 1.41. The molecule has 0 spiro atoms. The quantitative estimate of drug-likeness (QED) is 0.338. The topological polar surface area (TPSA) is 43.1 Å². The molecule has 0 radical (unpaired) electrons. The summed E-state index contributed by atoms with van der Waals surface area (Å²) < 4.78 is 0. The van der Waals surface area contributed by atoms with Crippen molar-refractivity contribution in [1.82, 2.24) is 0 Å². The molecule has 0 unspecified atom stereocenters. The van der Waals surface area contributed by atoms with Gasteiger partial charge in [-0.2, -0.15) is 0 Å². The molecule has 0 aromatic carbocycles. The molecule has 1 amide bonds. The Hall–Kier alpha value is 0.717. The zero-order valence-corrected chi connectivity index (χ0v) is 10.9. The molecule has 0 bridgehead atoms. The van der Waals surface area contributed by atoms with Gasteiger partial charge in [0, 0.05) is 39.0 Å². The Bertz CT molecular complexity index is 20.4. The van der Waals surface area contributed by atoms with Gasteiger partial charge in [0.1, 0.15) is 0 Å². The molecule has 7 heavy (non-hydrogen) atoms. The summed E-state index contributed by atoms with van der Waals surface area (Å²) in [5, 5.41) is 0. The molecule has 38 valence electrons. The Morgan fingerprint density at radius 3 is 1.14 bits per heavy atom. The fraction of sp³-hybridized carbons (Fsp3) is 0. The Morgan fingerprint density at radius 1 is 1.14 bits per heavy atom. The predicted octanol–water partition coefficient (Wildman–Crippen LogP) is -0.00292. The average Bonchev–Trinajstić information content (AvgIpc) is 0.918. The van der Waals surface area contributed by atoms with E-state index in [1.165, 1.54) is 0 Å². The standard InChI is InChI=1S/CH3NO.2CH3.2Zn/c2-1-3;;;;/h1H,(H2,2,3);2*1H3;;/q;2*-1;;. The van der Waals surface area contributed by atoms with Gasteiger partial charge < -0.3 is 20.6 Å². The summed E-state index contributed by atoms with van der Waals surface area (Å²) in [4.78, 5) is 8.58. The molecule has 0 saturated heterocycles. The fourth-order valence-electron chi connectivity index (χ4n) is 0. The van der Waals surface area contributed by atoms with Crippen molar-refractivity contribution in [1.29, 1.82) is 0 Å². The van der Waals surface area contributed by atoms with Crippen LogP contribution in [0.15, 0.2) is 0 Å². The molecular formula is C3H9NOZn2-2. The largest absolute Gasteiger partial charge is 0.372 e. The van der Waals surface area contributed by atoms with Crippen LogP contribution in [0.3, 0.4) is 0 Å². The molecule has 0 rings (SSSR count). The SMILES string of the molecule is NC=O.[CH3-].[CH3-].[Zn].[Zn]. The first-order valence-electron chi connectivity index (χ1n) is 0.569. The van der Waals surface area contributed by atoms with E-state index in [9.17, 15) is 0 Å². The zero-order chi connectivity index (χ0) is 2.71. The third-order valence-corrected chi connectivity index (χ3v) is 0. The van der Waals surface area contributed by atoms with Gasteiger partial charge in [-0.05, 0) is 0 Å². The third-order valence-electron chi connectivity index (χ3n) is 0. The Balaban J connectivity index is -0.00000000333. The third kappa shape index (κ3) is 291. The molecule has 2 nitrogen and oxygen atoms in total. The molecular weight excluding hydrogens is 197 g/mol. The Morgan fingerprint density at radius 2 is 1.14 bits per heavy atom. The molecule has 0 heterocycles. The summed E-state index contributed by atoms with van der Waals surface area (Å²) in [6, 6.07) is 0. The van der Waals surface area contributed by atoms with Crippen LogP contribution in [-0.2, 0) is 43.8 Å². The Labute approximate surface area is 70.7 Å². The van der Waals surface area contributed by atoms with Gasteiger partial charge in [-0.1, -0.05) is 0 Å². The van der Waals surface area contributed by atoms with Crippen LogP contribution in [0.5, 0.6) is 0 Å². The molecule has 0 aliphatic rings. The number of carbonyl (C=O) groups excluding carboxylic acids is 1. The molecule has 2 N–H and O–H groups in total. The first kappa shape index (κ1) is 47.2. The van der Waals surface area contributed by atoms with E-state index in [2.05, 4.69) is 5.73 Å². The number of hydrogen-bond acceptors (Lipinski definition) is 1. The summed E-state index contributed by atoms with van der Waals surface area (Å²) >= 11 is 0. The maximum Gasteiger partial charge on any atom is 0.204 e. The van der Waals surface area contributed by atoms with Crippen LogP contribution in [0.2, 0.25) is 0 Å². The predicted molar refractivity (Wildman–Crippen MR) is 23.1 cm³/mol. The molecule has 0 fully saturated rings. The van der Waals surface area contributed by atoms with Crippen molar-refractivity contribution < 1.29 is 43.8 Å². The van der Waals surface area contributed by atoms with E-state index in [0.717, 1.165) is 0 Å². The minimum Gasteiger partial charge on any atom is -0.372 e. The van der Waals surface area contributed by atoms with E-state index < -0.39 is 0 Å². The van der Waals surface area contributed by atoms with Crippen LogP contribution in [0.25, 0.3) is 0 Å². The van der Waals surface area contributed by atoms with Gasteiger partial charge in [-0.25, -0.2) is 0 Å². The monoisotopic (exact) mass is 203 g/mol. The molecule has 0 saturated carbocycles. The van der Waals surface area contributed by atoms with Crippen molar-refractivity contribution in [2.24, 2.45) is 5.73 Å². The van der Waals surface area contributed by atoms with Crippen molar-refractivity contribution >= 4 is 6.41 Å². The van der Waals surface area contributed by atoms with Gasteiger partial charge in [0.05, 0.1) is 0 Å². The van der Waals surface area contributed by atoms with Gasteiger partial charge in [0.25, 0.3) is 0 Å². The van der Waals surface area contributed by atoms with Crippen LogP contribution >= 0.6 is 0 Å². The summed E-state index contributed by atoms with van der Waals surface area (Å²) in [6.07, 6.45) is 0.250. The van der Waals surface area contributed by atoms with E-state index in [1.54, 1.807) is 0 Å². The van der Waals surface area contributed by atoms with E-state index in [0.29, 0.717) is 0 Å². The summed E-state index contributed by atoms with van der Waals surface area (Å²) in [7, 11) is 0. The normalized spacial score (nSPS) is 1.71. The van der Waals surface area contributed by atoms with E-state index in [1.807, 2.05) is 0 Å². The number of primary amides is 1. The smallest absolute Gasteiger partial charge is 0.204 e. The fourth-order valence-corrected chi connectivity index (χ4v) is 0. The summed E-state index contributed by atoms with van der Waals surface area (Å²) in [5.41, 5.74) is 4.17. The van der Waals surface area contributed by atoms with Gasteiger partial charge in [0.2, 0.25) is 6.41 Å². The number of hydrogen-bond donors (Lipinski definition) is 1. The maximum absolute atomic E-state index is 8.58. The molecule has 0 atom stereocenters. The molecule has 4 heteroatoms. The minimum absolute atomic E-state index is 0. The second-order valence-corrected chi connectivity index (χ2v) is 0.136. The van der Waals surface area contributed by atoms with Crippen LogP contribution < -0.4 is 5.73 Å². The van der Waals surface area contributed by atoms with Crippen LogP contribution in [0.1, 0.15) is 0 Å². The van der Waals surface area contributed by atoms with E-state index in [-0.39, 0.29) is 60.2 Å².